The van der Waals surface area contributed by atoms with Crippen molar-refractivity contribution in [2.24, 2.45) is 0 Å². The summed E-state index contributed by atoms with van der Waals surface area (Å²) in [5.41, 5.74) is 3.55. The Morgan fingerprint density at radius 2 is 1.79 bits per heavy atom. The number of nitriles is 1. The molecule has 0 unspecified atom stereocenters. The Bertz CT molecular complexity index is 405. The quantitative estimate of drug-likeness (QED) is 0.508. The van der Waals surface area contributed by atoms with Gasteiger partial charge in [-0.2, -0.15) is 5.26 Å². The van der Waals surface area contributed by atoms with Gasteiger partial charge in [0, 0.05) is 0 Å². The Hall–Kier alpha value is -1.81. The van der Waals surface area contributed by atoms with Crippen molar-refractivity contribution in [1.82, 2.24) is 0 Å². The molecule has 0 atom stereocenters. The van der Waals surface area contributed by atoms with E-state index in [-0.39, 0.29) is 0 Å². The smallest absolute Gasteiger partial charge is 0.0997 e. The lowest BCUT2D eigenvalue weighted by atomic mass is 9.98. The Kier molecular flexibility index (Phi) is 3.25. The molecule has 1 heteroatoms. The van der Waals surface area contributed by atoms with Gasteiger partial charge in [0.1, 0.15) is 0 Å². The van der Waals surface area contributed by atoms with Crippen molar-refractivity contribution in [3.05, 3.63) is 53.6 Å². The average Bonchev–Trinajstić information content (AvgIpc) is 2.19. The maximum atomic E-state index is 8.96. The molecule has 14 heavy (non-hydrogen) atoms. The molecule has 0 bridgehead atoms. The number of hydrogen-bond donors (Lipinski definition) is 0. The van der Waals surface area contributed by atoms with E-state index in [4.69, 9.17) is 5.26 Å². The second-order valence-corrected chi connectivity index (χ2v) is 3.26. The van der Waals surface area contributed by atoms with Crippen molar-refractivity contribution < 1.29 is 0 Å². The highest BCUT2D eigenvalue weighted by atomic mass is 14.3. The first kappa shape index (κ1) is 10.3. The topological polar surface area (TPSA) is 23.8 Å². The van der Waals surface area contributed by atoms with E-state index in [0.717, 1.165) is 16.7 Å². The Labute approximate surface area is 85.0 Å². The van der Waals surface area contributed by atoms with Crippen molar-refractivity contribution in [3.63, 3.8) is 0 Å². The molecule has 1 rings (SSSR count). The van der Waals surface area contributed by atoms with Crippen molar-refractivity contribution in [2.75, 3.05) is 0 Å². The minimum absolute atomic E-state index is 0.677. The first-order valence-electron chi connectivity index (χ1n) is 4.49. The summed E-state index contributed by atoms with van der Waals surface area (Å²) in [6, 6.07) is 12.1. The highest BCUT2D eigenvalue weighted by molar-refractivity contribution is 5.74. The lowest BCUT2D eigenvalue weighted by Crippen LogP contribution is -1.87. The minimum Gasteiger partial charge on any atom is -0.192 e. The Morgan fingerprint density at radius 1 is 1.21 bits per heavy atom. The van der Waals surface area contributed by atoms with Crippen LogP contribution in [-0.2, 0) is 0 Å². The van der Waals surface area contributed by atoms with Gasteiger partial charge in [0.25, 0.3) is 0 Å². The number of nitrogens with zero attached hydrogens (tertiary/aromatic N) is 1. The van der Waals surface area contributed by atoms with Gasteiger partial charge < -0.3 is 0 Å². The second-order valence-electron chi connectivity index (χ2n) is 3.26. The maximum Gasteiger partial charge on any atom is 0.0997 e. The van der Waals surface area contributed by atoms with Crippen LogP contribution < -0.4 is 0 Å². The van der Waals surface area contributed by atoms with E-state index in [2.05, 4.69) is 12.6 Å². The van der Waals surface area contributed by atoms with Crippen LogP contribution in [0.4, 0.5) is 0 Å². The Morgan fingerprint density at radius 3 is 2.21 bits per heavy atom. The summed E-state index contributed by atoms with van der Waals surface area (Å²) in [5, 5.41) is 8.96. The van der Waals surface area contributed by atoms with Gasteiger partial charge in [-0.25, -0.2) is 0 Å². The fourth-order valence-corrected chi connectivity index (χ4v) is 1.33. The Balaban J connectivity index is 3.23. The standard InChI is InChI=1S/C13H13N/c1-10(2)13(9-14)11(3)12-7-5-4-6-8-12/h4-8H,1H2,2-3H3/b13-11-. The molecule has 0 aliphatic rings. The molecule has 1 aromatic carbocycles. The van der Waals surface area contributed by atoms with Crippen molar-refractivity contribution in [2.45, 2.75) is 13.8 Å². The van der Waals surface area contributed by atoms with Crippen LogP contribution in [0, 0.1) is 11.3 Å². The van der Waals surface area contributed by atoms with Gasteiger partial charge in [0.2, 0.25) is 0 Å². The lowest BCUT2D eigenvalue weighted by Gasteiger charge is -2.04. The van der Waals surface area contributed by atoms with Crippen LogP contribution in [0.3, 0.4) is 0 Å². The molecule has 0 aliphatic carbocycles. The summed E-state index contributed by atoms with van der Waals surface area (Å²) in [5.74, 6) is 0. The van der Waals surface area contributed by atoms with Gasteiger partial charge in [-0.15, -0.1) is 0 Å². The highest BCUT2D eigenvalue weighted by Crippen LogP contribution is 2.21. The van der Waals surface area contributed by atoms with Gasteiger partial charge >= 0.3 is 0 Å². The zero-order chi connectivity index (χ0) is 10.6. The predicted octanol–water partition coefficient (Wildman–Crippen LogP) is 3.56. The molecule has 0 fully saturated rings. The molecule has 0 saturated carbocycles. The zero-order valence-electron chi connectivity index (χ0n) is 8.54. The summed E-state index contributed by atoms with van der Waals surface area (Å²) < 4.78 is 0. The van der Waals surface area contributed by atoms with Crippen molar-refractivity contribution in [3.8, 4) is 6.07 Å². The summed E-state index contributed by atoms with van der Waals surface area (Å²) in [6.45, 7) is 7.59. The third kappa shape index (κ3) is 2.11. The van der Waals surface area contributed by atoms with Crippen LogP contribution in [0.1, 0.15) is 19.4 Å². The fourth-order valence-electron chi connectivity index (χ4n) is 1.33. The normalized spacial score (nSPS) is 11.5. The molecule has 0 aromatic heterocycles. The van der Waals surface area contributed by atoms with Crippen LogP contribution in [0.15, 0.2) is 48.1 Å². The number of rotatable bonds is 2. The molecule has 70 valence electrons. The molecule has 1 aromatic rings. The monoisotopic (exact) mass is 183 g/mol. The molecular weight excluding hydrogens is 170 g/mol. The van der Waals surface area contributed by atoms with E-state index in [1.54, 1.807) is 0 Å². The summed E-state index contributed by atoms with van der Waals surface area (Å²) in [7, 11) is 0. The van der Waals surface area contributed by atoms with Crippen molar-refractivity contribution in [1.29, 1.82) is 5.26 Å². The van der Waals surface area contributed by atoms with E-state index in [1.807, 2.05) is 44.2 Å². The minimum atomic E-state index is 0.677. The molecule has 0 amide bonds. The third-order valence-electron chi connectivity index (χ3n) is 2.12. The van der Waals surface area contributed by atoms with Gasteiger partial charge in [-0.1, -0.05) is 36.9 Å². The SMILES string of the molecule is C=C(C)/C(C#N)=C(/C)c1ccccc1. The van der Waals surface area contributed by atoms with E-state index < -0.39 is 0 Å². The average molecular weight is 183 g/mol. The first-order chi connectivity index (χ1) is 6.66. The van der Waals surface area contributed by atoms with Crippen LogP contribution >= 0.6 is 0 Å². The summed E-state index contributed by atoms with van der Waals surface area (Å²) in [6.07, 6.45) is 0. The molecule has 0 saturated heterocycles. The summed E-state index contributed by atoms with van der Waals surface area (Å²) >= 11 is 0. The van der Waals surface area contributed by atoms with Gasteiger partial charge in [0.15, 0.2) is 0 Å². The van der Waals surface area contributed by atoms with Crippen molar-refractivity contribution >= 4 is 5.57 Å². The largest absolute Gasteiger partial charge is 0.192 e. The first-order valence-corrected chi connectivity index (χ1v) is 4.49. The molecule has 0 aliphatic heterocycles. The van der Waals surface area contributed by atoms with Gasteiger partial charge in [-0.05, 0) is 30.6 Å². The van der Waals surface area contributed by atoms with Crippen LogP contribution in [-0.4, -0.2) is 0 Å². The van der Waals surface area contributed by atoms with E-state index in [1.165, 1.54) is 0 Å². The molecular formula is C13H13N. The number of hydrogen-bond acceptors (Lipinski definition) is 1. The van der Waals surface area contributed by atoms with Gasteiger partial charge in [-0.3, -0.25) is 0 Å². The fraction of sp³-hybridized carbons (Fsp3) is 0.154. The van der Waals surface area contributed by atoms with Crippen LogP contribution in [0.5, 0.6) is 0 Å². The lowest BCUT2D eigenvalue weighted by molar-refractivity contribution is 1.40. The molecule has 0 radical (unpaired) electrons. The van der Waals surface area contributed by atoms with Crippen LogP contribution in [0.25, 0.3) is 5.57 Å². The molecule has 1 nitrogen and oxygen atoms in total. The maximum absolute atomic E-state index is 8.96. The van der Waals surface area contributed by atoms with E-state index in [0.29, 0.717) is 5.57 Å². The number of benzene rings is 1. The molecule has 0 spiro atoms. The third-order valence-corrected chi connectivity index (χ3v) is 2.12. The second kappa shape index (κ2) is 4.43. The zero-order valence-corrected chi connectivity index (χ0v) is 8.54. The predicted molar refractivity (Wildman–Crippen MR) is 59.5 cm³/mol. The van der Waals surface area contributed by atoms with Crippen LogP contribution in [0.2, 0.25) is 0 Å². The highest BCUT2D eigenvalue weighted by Gasteiger charge is 2.03. The molecule has 0 N–H and O–H groups in total. The summed E-state index contributed by atoms with van der Waals surface area (Å²) in [4.78, 5) is 0. The van der Waals surface area contributed by atoms with E-state index in [9.17, 15) is 0 Å². The van der Waals surface area contributed by atoms with E-state index >= 15 is 0 Å². The number of allylic oxidation sites excluding steroid dienone is 3. The molecule has 0 heterocycles. The van der Waals surface area contributed by atoms with Gasteiger partial charge in [0.05, 0.1) is 11.6 Å².